The summed E-state index contributed by atoms with van der Waals surface area (Å²) in [6, 6.07) is 10.0. The molecular formula is C30H16ClF12N13. The van der Waals surface area contributed by atoms with Crippen LogP contribution >= 0.6 is 11.6 Å². The molecule has 0 saturated carbocycles. The van der Waals surface area contributed by atoms with Crippen LogP contribution in [0.4, 0.5) is 81.9 Å². The molecule has 56 heavy (non-hydrogen) atoms. The van der Waals surface area contributed by atoms with Gasteiger partial charge in [-0.05, 0) is 60.1 Å². The van der Waals surface area contributed by atoms with Crippen LogP contribution in [0.15, 0.2) is 73.1 Å². The van der Waals surface area contributed by atoms with E-state index in [0.717, 1.165) is 36.7 Å². The molecule has 6 rings (SSSR count). The van der Waals surface area contributed by atoms with E-state index < -0.39 is 52.8 Å². The van der Waals surface area contributed by atoms with Gasteiger partial charge in [0.25, 0.3) is 0 Å². The predicted molar refractivity (Wildman–Crippen MR) is 171 cm³/mol. The highest BCUT2D eigenvalue weighted by Crippen LogP contribution is 2.33. The normalized spacial score (nSPS) is 12.1. The fourth-order valence-corrected chi connectivity index (χ4v) is 4.26. The molecule has 4 N–H and O–H groups in total. The number of nitrogens with two attached hydrogens (primary N) is 1. The number of halogens is 13. The van der Waals surface area contributed by atoms with Crippen molar-refractivity contribution in [3.05, 3.63) is 101 Å². The molecule has 0 unspecified atom stereocenters. The quantitative estimate of drug-likeness (QED) is 0.136. The maximum Gasteiger partial charge on any atom is 0.433 e. The van der Waals surface area contributed by atoms with Crippen molar-refractivity contribution in [3.63, 3.8) is 0 Å². The van der Waals surface area contributed by atoms with E-state index in [4.69, 9.17) is 17.3 Å². The number of nitrogens with zero attached hydrogens (tertiary/aromatic N) is 10. The first kappa shape index (κ1) is 40.7. The third kappa shape index (κ3) is 10.8. The number of hydrogen-bond donors (Lipinski definition) is 3. The van der Waals surface area contributed by atoms with Crippen molar-refractivity contribution in [2.45, 2.75) is 24.7 Å². The Kier molecular flexibility index (Phi) is 11.4. The third-order valence-electron chi connectivity index (χ3n) is 6.41. The number of alkyl halides is 12. The number of aromatic nitrogens is 10. The third-order valence-corrected chi connectivity index (χ3v) is 6.58. The van der Waals surface area contributed by atoms with Crippen LogP contribution in [0, 0.1) is 0 Å². The minimum absolute atomic E-state index is 0.0594. The van der Waals surface area contributed by atoms with Crippen LogP contribution in [0.2, 0.25) is 5.28 Å². The minimum Gasteiger partial charge on any atom is -0.368 e. The van der Waals surface area contributed by atoms with Gasteiger partial charge in [-0.1, -0.05) is 12.1 Å². The van der Waals surface area contributed by atoms with Gasteiger partial charge in [0, 0.05) is 23.8 Å². The van der Waals surface area contributed by atoms with Gasteiger partial charge in [0.2, 0.25) is 23.1 Å². The highest BCUT2D eigenvalue weighted by Gasteiger charge is 2.35. The molecule has 0 aromatic carbocycles. The predicted octanol–water partition coefficient (Wildman–Crippen LogP) is 8.46. The van der Waals surface area contributed by atoms with Gasteiger partial charge in [0.15, 0.2) is 11.6 Å². The first-order chi connectivity index (χ1) is 26.0. The van der Waals surface area contributed by atoms with Gasteiger partial charge in [0.05, 0.1) is 0 Å². The second-order valence-electron chi connectivity index (χ2n) is 10.5. The molecule has 0 aliphatic carbocycles. The van der Waals surface area contributed by atoms with E-state index in [9.17, 15) is 52.7 Å². The molecule has 0 aliphatic heterocycles. The van der Waals surface area contributed by atoms with E-state index in [0.29, 0.717) is 12.1 Å². The summed E-state index contributed by atoms with van der Waals surface area (Å²) in [5.41, 5.74) is 0.286. The lowest BCUT2D eigenvalue weighted by atomic mass is 10.3. The molecule has 6 aromatic heterocycles. The zero-order valence-electron chi connectivity index (χ0n) is 26.9. The van der Waals surface area contributed by atoms with Crippen molar-refractivity contribution in [1.29, 1.82) is 0 Å². The number of nitrogen functional groups attached to an aromatic ring is 1. The summed E-state index contributed by atoms with van der Waals surface area (Å²) in [4.78, 5) is 35.8. The monoisotopic (exact) mass is 821 g/mol. The van der Waals surface area contributed by atoms with Gasteiger partial charge >= 0.3 is 24.7 Å². The number of anilines is 5. The molecule has 6 heterocycles. The minimum atomic E-state index is -4.68. The topological polar surface area (TPSA) is 179 Å². The molecule has 0 bridgehead atoms. The van der Waals surface area contributed by atoms with E-state index in [1.807, 2.05) is 0 Å². The Hall–Kier alpha value is -6.53. The molecule has 0 radical (unpaired) electrons. The lowest BCUT2D eigenvalue weighted by Gasteiger charge is -2.10. The van der Waals surface area contributed by atoms with Crippen molar-refractivity contribution in [1.82, 2.24) is 49.8 Å². The molecule has 0 fully saturated rings. The first-order valence-electron chi connectivity index (χ1n) is 14.7. The summed E-state index contributed by atoms with van der Waals surface area (Å²) in [5, 5.41) is 4.56. The Morgan fingerprint density at radius 1 is 0.464 bits per heavy atom. The van der Waals surface area contributed by atoms with Crippen molar-refractivity contribution >= 4 is 40.8 Å². The van der Waals surface area contributed by atoms with Gasteiger partial charge < -0.3 is 16.4 Å². The molecule has 0 saturated heterocycles. The number of hydrogen-bond acceptors (Lipinski definition) is 13. The summed E-state index contributed by atoms with van der Waals surface area (Å²) in [6.07, 6.45) is -16.8. The lowest BCUT2D eigenvalue weighted by molar-refractivity contribution is -0.141. The zero-order chi connectivity index (χ0) is 41.1. The van der Waals surface area contributed by atoms with Gasteiger partial charge in [-0.15, -0.1) is 0 Å². The molecular weight excluding hydrogens is 806 g/mol. The maximum atomic E-state index is 12.8. The van der Waals surface area contributed by atoms with Gasteiger partial charge in [0.1, 0.15) is 34.2 Å². The second kappa shape index (κ2) is 15.7. The van der Waals surface area contributed by atoms with Crippen LogP contribution in [0.5, 0.6) is 0 Å². The number of nitrogens with one attached hydrogen (secondary N) is 2. The van der Waals surface area contributed by atoms with E-state index in [-0.39, 0.29) is 52.3 Å². The number of rotatable bonds is 6. The Morgan fingerprint density at radius 2 is 0.875 bits per heavy atom. The van der Waals surface area contributed by atoms with Crippen LogP contribution in [0.1, 0.15) is 22.8 Å². The van der Waals surface area contributed by atoms with Crippen LogP contribution in [-0.4, -0.2) is 49.8 Å². The maximum absolute atomic E-state index is 12.8. The summed E-state index contributed by atoms with van der Waals surface area (Å²) < 4.78 is 153. The van der Waals surface area contributed by atoms with Crippen LogP contribution in [0.25, 0.3) is 23.0 Å². The molecule has 26 heteroatoms. The fraction of sp³-hybridized carbons (Fsp3) is 0.133. The zero-order valence-corrected chi connectivity index (χ0v) is 27.6. The molecule has 0 spiro atoms. The smallest absolute Gasteiger partial charge is 0.368 e. The molecule has 6 aromatic rings. The van der Waals surface area contributed by atoms with E-state index >= 15 is 0 Å². The standard InChI is InChI=1S/C15H7ClF6N6.C15H9F6N7/c16-12-26-11(8-2-1-3-9(25-8)14(17,18)19)27-13(28-12)24-7-4-5-23-10(6-7)15(20,21)22;16-14(17,18)9-3-1-2-8(25-9)11-26-12(22)28-13(27-11)24-7-4-5-23-10(6-7)15(19,20)21/h1-6H,(H,23,24,26,27,28);1-6H,(H3,22,23,24,26,27,28). The second-order valence-corrected chi connectivity index (χ2v) is 10.8. The Bertz CT molecular complexity index is 2170. The average Bonchev–Trinajstić information content (AvgIpc) is 3.10. The van der Waals surface area contributed by atoms with E-state index in [2.05, 4.69) is 60.5 Å². The average molecular weight is 822 g/mol. The molecule has 292 valence electrons. The van der Waals surface area contributed by atoms with Crippen molar-refractivity contribution < 1.29 is 52.7 Å². The highest BCUT2D eigenvalue weighted by atomic mass is 35.5. The summed E-state index contributed by atoms with van der Waals surface area (Å²) in [7, 11) is 0. The number of pyridine rings is 4. The lowest BCUT2D eigenvalue weighted by Crippen LogP contribution is -2.10. The molecule has 13 nitrogen and oxygen atoms in total. The van der Waals surface area contributed by atoms with Crippen LogP contribution in [-0.2, 0) is 24.7 Å². The summed E-state index contributed by atoms with van der Waals surface area (Å²) >= 11 is 5.76. The molecule has 0 amide bonds. The summed E-state index contributed by atoms with van der Waals surface area (Å²) in [5.74, 6) is -1.50. The van der Waals surface area contributed by atoms with Gasteiger partial charge in [-0.2, -0.15) is 82.6 Å². The van der Waals surface area contributed by atoms with Gasteiger partial charge in [-0.3, -0.25) is 9.97 Å². The highest BCUT2D eigenvalue weighted by molar-refractivity contribution is 6.28. The summed E-state index contributed by atoms with van der Waals surface area (Å²) in [6.45, 7) is 0. The van der Waals surface area contributed by atoms with Crippen LogP contribution < -0.4 is 16.4 Å². The SMILES string of the molecule is FC(F)(F)c1cc(Nc2nc(Cl)nc(-c3cccc(C(F)(F)F)n3)n2)ccn1.Nc1nc(Nc2ccnc(C(F)(F)F)c2)nc(-c2cccc(C(F)(F)F)n2)n1. The van der Waals surface area contributed by atoms with E-state index in [1.54, 1.807) is 0 Å². The molecule has 0 atom stereocenters. The van der Waals surface area contributed by atoms with Crippen molar-refractivity contribution in [2.24, 2.45) is 0 Å². The first-order valence-corrected chi connectivity index (χ1v) is 15.1. The Morgan fingerprint density at radius 3 is 1.30 bits per heavy atom. The van der Waals surface area contributed by atoms with Crippen molar-refractivity contribution in [3.8, 4) is 23.0 Å². The Labute approximate surface area is 308 Å². The largest absolute Gasteiger partial charge is 0.433 e. The molecule has 0 aliphatic rings. The Balaban J connectivity index is 0.000000214. The van der Waals surface area contributed by atoms with Crippen LogP contribution in [0.3, 0.4) is 0 Å². The van der Waals surface area contributed by atoms with E-state index in [1.165, 1.54) is 24.3 Å². The fourth-order valence-electron chi connectivity index (χ4n) is 4.10. The van der Waals surface area contributed by atoms with Crippen molar-refractivity contribution in [2.75, 3.05) is 16.4 Å². The van der Waals surface area contributed by atoms with Gasteiger partial charge in [-0.25, -0.2) is 9.97 Å².